The number of nitrogens with zero attached hydrogens (tertiary/aromatic N) is 1. The van der Waals surface area contributed by atoms with Gasteiger partial charge in [0.2, 0.25) is 0 Å². The minimum atomic E-state index is -0.993. The molecule has 0 unspecified atom stereocenters. The zero-order valence-corrected chi connectivity index (χ0v) is 19.1. The molecule has 0 saturated heterocycles. The molecule has 34 heavy (non-hydrogen) atoms. The lowest BCUT2D eigenvalue weighted by Gasteiger charge is -2.27. The van der Waals surface area contributed by atoms with E-state index < -0.39 is 12.0 Å². The average Bonchev–Trinajstić information content (AvgIpc) is 3.14. The van der Waals surface area contributed by atoms with E-state index >= 15 is 0 Å². The summed E-state index contributed by atoms with van der Waals surface area (Å²) in [6, 6.07) is 21.5. The molecule has 0 spiro atoms. The van der Waals surface area contributed by atoms with Crippen LogP contribution < -0.4 is 10.6 Å². The molecule has 0 bridgehead atoms. The lowest BCUT2D eigenvalue weighted by molar-refractivity contribution is -0.144. The fourth-order valence-electron chi connectivity index (χ4n) is 4.21. The molecule has 1 heterocycles. The number of nitrogens with one attached hydrogen (secondary N) is 2. The van der Waals surface area contributed by atoms with E-state index in [4.69, 9.17) is 0 Å². The van der Waals surface area contributed by atoms with Crippen molar-refractivity contribution in [3.8, 4) is 11.1 Å². The number of aliphatic carboxylic acids is 1. The Kier molecular flexibility index (Phi) is 6.63. The molecule has 174 valence electrons. The van der Waals surface area contributed by atoms with Crippen molar-refractivity contribution in [2.75, 3.05) is 5.32 Å². The summed E-state index contributed by atoms with van der Waals surface area (Å²) in [6.07, 6.45) is 0. The predicted molar refractivity (Wildman–Crippen MR) is 130 cm³/mol. The third-order valence-electron chi connectivity index (χ3n) is 5.93. The number of rotatable bonds is 7. The van der Waals surface area contributed by atoms with E-state index in [0.717, 1.165) is 22.3 Å². The SMILES string of the molecule is CC(C)[C@@H](C(=O)O)N1Cc2ccc(-c3ccc(NC(=O)NCc4ccccc4)cc3)cc2C1=O. The fourth-order valence-corrected chi connectivity index (χ4v) is 4.21. The van der Waals surface area contributed by atoms with Gasteiger partial charge in [0.15, 0.2) is 0 Å². The number of benzene rings is 3. The van der Waals surface area contributed by atoms with Gasteiger partial charge in [0, 0.05) is 24.3 Å². The molecule has 0 radical (unpaired) electrons. The maximum atomic E-state index is 13.0. The molecule has 3 aromatic carbocycles. The second-order valence-electron chi connectivity index (χ2n) is 8.70. The maximum absolute atomic E-state index is 13.0. The van der Waals surface area contributed by atoms with Gasteiger partial charge in [-0.05, 0) is 46.4 Å². The summed E-state index contributed by atoms with van der Waals surface area (Å²) in [5.74, 6) is -1.45. The molecular weight excluding hydrogens is 430 g/mol. The Morgan fingerprint density at radius 3 is 2.29 bits per heavy atom. The third-order valence-corrected chi connectivity index (χ3v) is 5.93. The Hall–Kier alpha value is -4.13. The van der Waals surface area contributed by atoms with Crippen LogP contribution in [0.2, 0.25) is 0 Å². The van der Waals surface area contributed by atoms with E-state index in [1.165, 1.54) is 4.90 Å². The van der Waals surface area contributed by atoms with Gasteiger partial charge in [-0.25, -0.2) is 9.59 Å². The van der Waals surface area contributed by atoms with Gasteiger partial charge in [0.05, 0.1) is 0 Å². The zero-order valence-electron chi connectivity index (χ0n) is 19.1. The lowest BCUT2D eigenvalue weighted by Crippen LogP contribution is -2.44. The number of hydrogen-bond acceptors (Lipinski definition) is 3. The van der Waals surface area contributed by atoms with Crippen LogP contribution in [-0.4, -0.2) is 34.0 Å². The van der Waals surface area contributed by atoms with Crippen LogP contribution in [0.1, 0.15) is 35.3 Å². The van der Waals surface area contributed by atoms with Crippen molar-refractivity contribution in [1.29, 1.82) is 0 Å². The molecule has 7 heteroatoms. The van der Waals surface area contributed by atoms with E-state index in [9.17, 15) is 19.5 Å². The van der Waals surface area contributed by atoms with Crippen LogP contribution in [0.4, 0.5) is 10.5 Å². The number of amides is 3. The molecule has 1 atom stereocenters. The van der Waals surface area contributed by atoms with Crippen molar-refractivity contribution in [3.05, 3.63) is 89.5 Å². The molecule has 3 amide bonds. The van der Waals surface area contributed by atoms with Gasteiger partial charge in [-0.15, -0.1) is 0 Å². The van der Waals surface area contributed by atoms with Crippen molar-refractivity contribution in [2.24, 2.45) is 5.92 Å². The van der Waals surface area contributed by atoms with Crippen molar-refractivity contribution < 1.29 is 19.5 Å². The zero-order chi connectivity index (χ0) is 24.2. The van der Waals surface area contributed by atoms with E-state index in [1.54, 1.807) is 26.0 Å². The summed E-state index contributed by atoms with van der Waals surface area (Å²) in [5, 5.41) is 15.2. The summed E-state index contributed by atoms with van der Waals surface area (Å²) in [6.45, 7) is 4.34. The summed E-state index contributed by atoms with van der Waals surface area (Å²) < 4.78 is 0. The molecule has 0 aromatic heterocycles. The lowest BCUT2D eigenvalue weighted by atomic mass is 10.00. The van der Waals surface area contributed by atoms with Gasteiger partial charge in [-0.3, -0.25) is 4.79 Å². The van der Waals surface area contributed by atoms with Gasteiger partial charge in [-0.2, -0.15) is 0 Å². The van der Waals surface area contributed by atoms with E-state index in [0.29, 0.717) is 24.3 Å². The van der Waals surface area contributed by atoms with Gasteiger partial charge >= 0.3 is 12.0 Å². The Labute approximate surface area is 198 Å². The standard InChI is InChI=1S/C27H27N3O4/c1-17(2)24(26(32)33)30-16-21-9-8-20(14-23(21)25(30)31)19-10-12-22(13-11-19)29-27(34)28-15-18-6-4-3-5-7-18/h3-14,17,24H,15-16H2,1-2H3,(H,32,33)(H2,28,29,34)/t24-/m0/s1. The van der Waals surface area contributed by atoms with Crippen LogP contribution in [-0.2, 0) is 17.9 Å². The van der Waals surface area contributed by atoms with Crippen molar-refractivity contribution in [3.63, 3.8) is 0 Å². The second-order valence-corrected chi connectivity index (χ2v) is 8.70. The van der Waals surface area contributed by atoms with Gasteiger partial charge in [0.1, 0.15) is 6.04 Å². The number of carboxylic acid groups (broad SMARTS) is 1. The first-order chi connectivity index (χ1) is 16.3. The molecular formula is C27H27N3O4. The second kappa shape index (κ2) is 9.79. The maximum Gasteiger partial charge on any atom is 0.326 e. The number of urea groups is 1. The Balaban J connectivity index is 1.43. The van der Waals surface area contributed by atoms with Crippen molar-refractivity contribution >= 4 is 23.6 Å². The average molecular weight is 458 g/mol. The van der Waals surface area contributed by atoms with Gasteiger partial charge < -0.3 is 20.6 Å². The van der Waals surface area contributed by atoms with Gasteiger partial charge in [0.25, 0.3) is 5.91 Å². The summed E-state index contributed by atoms with van der Waals surface area (Å²) in [7, 11) is 0. The molecule has 3 aromatic rings. The van der Waals surface area contributed by atoms with Gasteiger partial charge in [-0.1, -0.05) is 68.4 Å². The number of fused-ring (bicyclic) bond motifs is 1. The summed E-state index contributed by atoms with van der Waals surface area (Å²) in [4.78, 5) is 38.3. The molecule has 7 nitrogen and oxygen atoms in total. The number of carboxylic acids is 1. The molecule has 3 N–H and O–H groups in total. The normalized spacial score (nSPS) is 13.5. The van der Waals surface area contributed by atoms with Crippen LogP contribution in [0, 0.1) is 5.92 Å². The molecule has 1 aliphatic heterocycles. The number of carbonyl (C=O) groups excluding carboxylic acids is 2. The molecule has 4 rings (SSSR count). The largest absolute Gasteiger partial charge is 0.480 e. The highest BCUT2D eigenvalue weighted by Crippen LogP contribution is 2.31. The van der Waals surface area contributed by atoms with Crippen LogP contribution in [0.5, 0.6) is 0 Å². The van der Waals surface area contributed by atoms with Crippen molar-refractivity contribution in [1.82, 2.24) is 10.2 Å². The molecule has 1 aliphatic rings. The highest BCUT2D eigenvalue weighted by atomic mass is 16.4. The highest BCUT2D eigenvalue weighted by Gasteiger charge is 2.38. The molecule has 0 saturated carbocycles. The highest BCUT2D eigenvalue weighted by molar-refractivity contribution is 6.01. The van der Waals surface area contributed by atoms with Crippen LogP contribution in [0.3, 0.4) is 0 Å². The van der Waals surface area contributed by atoms with Crippen molar-refractivity contribution in [2.45, 2.75) is 33.0 Å². The van der Waals surface area contributed by atoms with E-state index in [-0.39, 0.29) is 17.9 Å². The minimum Gasteiger partial charge on any atom is -0.480 e. The van der Waals surface area contributed by atoms with Crippen LogP contribution in [0.15, 0.2) is 72.8 Å². The third kappa shape index (κ3) is 4.93. The first-order valence-corrected chi connectivity index (χ1v) is 11.2. The first kappa shape index (κ1) is 23.0. The molecule has 0 aliphatic carbocycles. The number of anilines is 1. The molecule has 0 fully saturated rings. The number of carbonyl (C=O) groups is 3. The quantitative estimate of drug-likeness (QED) is 0.477. The van der Waals surface area contributed by atoms with Crippen LogP contribution >= 0.6 is 0 Å². The Morgan fingerprint density at radius 1 is 0.971 bits per heavy atom. The smallest absolute Gasteiger partial charge is 0.326 e. The van der Waals surface area contributed by atoms with Crippen LogP contribution in [0.25, 0.3) is 11.1 Å². The predicted octanol–water partition coefficient (Wildman–Crippen LogP) is 4.74. The fraction of sp³-hybridized carbons (Fsp3) is 0.222. The summed E-state index contributed by atoms with van der Waals surface area (Å²) in [5.41, 5.74) is 4.77. The Bertz CT molecular complexity index is 1210. The minimum absolute atomic E-state index is 0.194. The van der Waals surface area contributed by atoms with E-state index in [2.05, 4.69) is 10.6 Å². The van der Waals surface area contributed by atoms with E-state index in [1.807, 2.05) is 60.7 Å². The Morgan fingerprint density at radius 2 is 1.65 bits per heavy atom. The monoisotopic (exact) mass is 457 g/mol. The number of hydrogen-bond donors (Lipinski definition) is 3. The topological polar surface area (TPSA) is 98.7 Å². The first-order valence-electron chi connectivity index (χ1n) is 11.2. The summed E-state index contributed by atoms with van der Waals surface area (Å²) >= 11 is 0.